The van der Waals surface area contributed by atoms with Crippen LogP contribution in [0.1, 0.15) is 43.2 Å². The van der Waals surface area contributed by atoms with Gasteiger partial charge in [-0.3, -0.25) is 0 Å². The number of benzene rings is 12. The monoisotopic (exact) mass is 1030 g/mol. The molecule has 0 bridgehead atoms. The average Bonchev–Trinajstić information content (AvgIpc) is 3.88. The van der Waals surface area contributed by atoms with Gasteiger partial charge in [-0.1, -0.05) is 183 Å². The summed E-state index contributed by atoms with van der Waals surface area (Å²) in [5.74, 6) is 0. The van der Waals surface area contributed by atoms with Crippen molar-refractivity contribution < 1.29 is 0 Å². The van der Waals surface area contributed by atoms with Crippen LogP contribution in [0.4, 0.5) is 68.2 Å². The van der Waals surface area contributed by atoms with Crippen LogP contribution in [0.15, 0.2) is 303 Å². The molecule has 0 saturated heterocycles. The average molecular weight is 1030 g/mol. The zero-order valence-corrected chi connectivity index (χ0v) is 44.7. The van der Waals surface area contributed by atoms with Gasteiger partial charge in [0.1, 0.15) is 0 Å². The SMILES string of the molecule is c1ccc(N(c2ccc(-c3ccc(N(c4ccccc4)c4ccc(N(c5ccccc5)c5cccc6ccccc56)cc4)cc3)cc2)c2ccc(N(c3ccccc3)c3ccc4c(c3)C3(CCCCC3)c3ccccc3-4)cc2)cc1. The topological polar surface area (TPSA) is 13.0 Å². The summed E-state index contributed by atoms with van der Waals surface area (Å²) in [6, 6.07) is 110. The lowest BCUT2D eigenvalue weighted by Gasteiger charge is -2.36. The maximum absolute atomic E-state index is 2.51. The Bertz CT molecular complexity index is 4060. The summed E-state index contributed by atoms with van der Waals surface area (Å²) in [5, 5.41) is 2.42. The molecular weight excluding hydrogens is 969 g/mol. The smallest absolute Gasteiger partial charge is 0.0540 e. The van der Waals surface area contributed by atoms with E-state index in [4.69, 9.17) is 0 Å². The summed E-state index contributed by atoms with van der Waals surface area (Å²) in [7, 11) is 0. The highest BCUT2D eigenvalue weighted by Gasteiger charge is 2.44. The van der Waals surface area contributed by atoms with Crippen molar-refractivity contribution in [3.8, 4) is 22.3 Å². The Hall–Kier alpha value is -9.90. The minimum absolute atomic E-state index is 0.0754. The summed E-state index contributed by atoms with van der Waals surface area (Å²) in [5.41, 5.74) is 21.5. The quantitative estimate of drug-likeness (QED) is 0.114. The molecule has 2 aliphatic carbocycles. The molecule has 0 radical (unpaired) electrons. The van der Waals surface area contributed by atoms with Crippen LogP contribution in [0.2, 0.25) is 0 Å². The van der Waals surface area contributed by atoms with Crippen LogP contribution in [0.3, 0.4) is 0 Å². The third-order valence-corrected chi connectivity index (χ3v) is 16.6. The molecule has 0 unspecified atom stereocenters. The Morgan fingerprint density at radius 2 is 0.588 bits per heavy atom. The van der Waals surface area contributed by atoms with Gasteiger partial charge in [0.15, 0.2) is 0 Å². The molecule has 384 valence electrons. The highest BCUT2D eigenvalue weighted by molar-refractivity contribution is 5.99. The van der Waals surface area contributed by atoms with E-state index in [1.165, 1.54) is 70.8 Å². The molecule has 14 rings (SSSR count). The molecule has 80 heavy (non-hydrogen) atoms. The predicted molar refractivity (Wildman–Crippen MR) is 337 cm³/mol. The molecule has 4 heteroatoms. The van der Waals surface area contributed by atoms with Crippen molar-refractivity contribution in [2.75, 3.05) is 19.6 Å². The highest BCUT2D eigenvalue weighted by Crippen LogP contribution is 2.57. The van der Waals surface area contributed by atoms with E-state index in [0.29, 0.717) is 0 Å². The Morgan fingerprint density at radius 3 is 1.09 bits per heavy atom. The second-order valence-electron chi connectivity index (χ2n) is 21.2. The number of para-hydroxylation sites is 4. The molecule has 1 fully saturated rings. The summed E-state index contributed by atoms with van der Waals surface area (Å²) >= 11 is 0. The molecule has 0 atom stereocenters. The fourth-order valence-electron chi connectivity index (χ4n) is 12.9. The van der Waals surface area contributed by atoms with Gasteiger partial charge >= 0.3 is 0 Å². The Balaban J connectivity index is 0.758. The Labute approximate surface area is 470 Å². The fraction of sp³-hybridized carbons (Fsp3) is 0.0789. The number of fused-ring (bicyclic) bond motifs is 6. The van der Waals surface area contributed by atoms with E-state index in [1.807, 2.05) is 0 Å². The molecule has 0 heterocycles. The van der Waals surface area contributed by atoms with Gasteiger partial charge in [-0.15, -0.1) is 0 Å². The molecule has 2 aliphatic rings. The summed E-state index contributed by atoms with van der Waals surface area (Å²) in [6.45, 7) is 0. The van der Waals surface area contributed by atoms with Crippen molar-refractivity contribution in [1.29, 1.82) is 0 Å². The highest BCUT2D eigenvalue weighted by atomic mass is 15.2. The Kier molecular flexibility index (Phi) is 12.8. The summed E-state index contributed by atoms with van der Waals surface area (Å²) in [6.07, 6.45) is 6.26. The van der Waals surface area contributed by atoms with Crippen molar-refractivity contribution in [3.05, 3.63) is 314 Å². The van der Waals surface area contributed by atoms with Crippen LogP contribution in [0.5, 0.6) is 0 Å². The lowest BCUT2D eigenvalue weighted by Crippen LogP contribution is -2.28. The molecule has 1 saturated carbocycles. The molecule has 0 N–H and O–H groups in total. The third-order valence-electron chi connectivity index (χ3n) is 16.6. The standard InChI is InChI=1S/C76H60N4/c1-6-23-59(24-7-1)77(65-43-45-67(46-44-65)79(61-27-10-3-11-28-61)69-51-52-72-71-32-16-17-33-73(71)76(74(72)55-69)53-18-5-19-54-76)63-39-35-56(36-40-63)57-37-41-64(42-38-57)78(60-25-8-2-9-26-60)66-47-49-68(50-48-66)80(62-29-12-4-13-30-62)75-34-20-22-58-21-14-15-31-70(58)75/h1-4,6-17,20-52,55H,5,18-19,53-54H2. The normalized spacial score (nSPS) is 13.1. The van der Waals surface area contributed by atoms with E-state index in [0.717, 1.165) is 73.7 Å². The van der Waals surface area contributed by atoms with Crippen LogP contribution < -0.4 is 19.6 Å². The third kappa shape index (κ3) is 8.95. The zero-order chi connectivity index (χ0) is 53.2. The lowest BCUT2D eigenvalue weighted by atomic mass is 9.68. The fourth-order valence-corrected chi connectivity index (χ4v) is 12.9. The van der Waals surface area contributed by atoms with Crippen LogP contribution in [-0.4, -0.2) is 0 Å². The molecule has 12 aromatic carbocycles. The van der Waals surface area contributed by atoms with E-state index in [2.05, 4.69) is 323 Å². The van der Waals surface area contributed by atoms with Gasteiger partial charge < -0.3 is 19.6 Å². The largest absolute Gasteiger partial charge is 0.311 e. The van der Waals surface area contributed by atoms with E-state index in [1.54, 1.807) is 0 Å². The Morgan fingerprint density at radius 1 is 0.237 bits per heavy atom. The molecule has 12 aromatic rings. The lowest BCUT2D eigenvalue weighted by molar-refractivity contribution is 0.353. The van der Waals surface area contributed by atoms with Gasteiger partial charge in [0.05, 0.1) is 5.69 Å². The maximum Gasteiger partial charge on any atom is 0.0540 e. The molecule has 0 amide bonds. The molecule has 4 nitrogen and oxygen atoms in total. The van der Waals surface area contributed by atoms with E-state index in [9.17, 15) is 0 Å². The van der Waals surface area contributed by atoms with Crippen molar-refractivity contribution in [2.24, 2.45) is 0 Å². The number of hydrogen-bond acceptors (Lipinski definition) is 4. The first-order valence-corrected chi connectivity index (χ1v) is 28.2. The van der Waals surface area contributed by atoms with Gasteiger partial charge in [0, 0.05) is 73.4 Å². The number of nitrogens with zero attached hydrogens (tertiary/aromatic N) is 4. The van der Waals surface area contributed by atoms with E-state index < -0.39 is 0 Å². The van der Waals surface area contributed by atoms with Crippen LogP contribution in [0.25, 0.3) is 33.0 Å². The van der Waals surface area contributed by atoms with Gasteiger partial charge in [-0.2, -0.15) is 0 Å². The molecular formula is C76H60N4. The van der Waals surface area contributed by atoms with Crippen molar-refractivity contribution >= 4 is 79.0 Å². The minimum atomic E-state index is 0.0754. The number of anilines is 12. The molecule has 1 spiro atoms. The summed E-state index contributed by atoms with van der Waals surface area (Å²) in [4.78, 5) is 9.47. The van der Waals surface area contributed by atoms with Gasteiger partial charge in [-0.05, 0) is 191 Å². The van der Waals surface area contributed by atoms with E-state index >= 15 is 0 Å². The summed E-state index contributed by atoms with van der Waals surface area (Å²) < 4.78 is 0. The zero-order valence-electron chi connectivity index (χ0n) is 44.7. The predicted octanol–water partition coefficient (Wildman–Crippen LogP) is 21.6. The van der Waals surface area contributed by atoms with Gasteiger partial charge in [-0.25, -0.2) is 0 Å². The first-order chi connectivity index (χ1) is 39.7. The van der Waals surface area contributed by atoms with Gasteiger partial charge in [0.2, 0.25) is 0 Å². The van der Waals surface area contributed by atoms with Crippen molar-refractivity contribution in [2.45, 2.75) is 37.5 Å². The maximum atomic E-state index is 2.51. The van der Waals surface area contributed by atoms with Crippen molar-refractivity contribution in [3.63, 3.8) is 0 Å². The molecule has 0 aliphatic heterocycles. The molecule has 0 aromatic heterocycles. The second-order valence-corrected chi connectivity index (χ2v) is 21.2. The van der Waals surface area contributed by atoms with Gasteiger partial charge in [0.25, 0.3) is 0 Å². The number of hydrogen-bond donors (Lipinski definition) is 0. The van der Waals surface area contributed by atoms with Crippen LogP contribution in [0, 0.1) is 0 Å². The van der Waals surface area contributed by atoms with Crippen LogP contribution in [-0.2, 0) is 5.41 Å². The van der Waals surface area contributed by atoms with E-state index in [-0.39, 0.29) is 5.41 Å². The minimum Gasteiger partial charge on any atom is -0.311 e. The first kappa shape index (κ1) is 48.5. The second kappa shape index (κ2) is 21.1. The van der Waals surface area contributed by atoms with Crippen LogP contribution >= 0.6 is 0 Å². The first-order valence-electron chi connectivity index (χ1n) is 28.2. The number of rotatable bonds is 13. The van der Waals surface area contributed by atoms with Crippen molar-refractivity contribution in [1.82, 2.24) is 0 Å².